The van der Waals surface area contributed by atoms with Gasteiger partial charge in [0.05, 0.1) is 10.6 Å². The quantitative estimate of drug-likeness (QED) is 0.675. The zero-order chi connectivity index (χ0) is 24.9. The molecule has 0 aromatic heterocycles. The lowest BCUT2D eigenvalue weighted by molar-refractivity contribution is -0.0855. The van der Waals surface area contributed by atoms with Crippen LogP contribution in [0.25, 0.3) is 0 Å². The zero-order valence-electron chi connectivity index (χ0n) is 21.5. The molecule has 1 aromatic carbocycles. The highest BCUT2D eigenvalue weighted by Crippen LogP contribution is 2.61. The Hall–Kier alpha value is -1.60. The number of phenols is 1. The molecule has 4 atom stereocenters. The summed E-state index contributed by atoms with van der Waals surface area (Å²) in [5, 5.41) is 10.4. The van der Waals surface area contributed by atoms with Crippen molar-refractivity contribution in [2.75, 3.05) is 39.0 Å². The van der Waals surface area contributed by atoms with E-state index in [0.717, 1.165) is 38.8 Å². The van der Waals surface area contributed by atoms with E-state index in [4.69, 9.17) is 0 Å². The maximum Gasteiger partial charge on any atom is 0.254 e. The van der Waals surface area contributed by atoms with E-state index in [1.54, 1.807) is 4.90 Å². The van der Waals surface area contributed by atoms with Crippen LogP contribution in [0.4, 0.5) is 0 Å². The van der Waals surface area contributed by atoms with Crippen LogP contribution in [0.15, 0.2) is 23.1 Å². The highest BCUT2D eigenvalue weighted by Gasteiger charge is 2.54. The molecule has 1 aromatic rings. The number of hydrogen-bond acceptors (Lipinski definition) is 5. The second kappa shape index (κ2) is 9.12. The smallest absolute Gasteiger partial charge is 0.254 e. The molecule has 7 heteroatoms. The van der Waals surface area contributed by atoms with Gasteiger partial charge in [0.1, 0.15) is 5.75 Å². The lowest BCUT2D eigenvalue weighted by Gasteiger charge is -2.59. The van der Waals surface area contributed by atoms with Crippen LogP contribution in [0.5, 0.6) is 5.75 Å². The SMILES string of the molecule is CC1CCC2C(C)(C)CCCC2(C)C1CS(=O)(=O)c1cc(O)cc(C(=O)N2CCN(C)CC2)c1. The van der Waals surface area contributed by atoms with Crippen molar-refractivity contribution in [3.63, 3.8) is 0 Å². The Bertz CT molecular complexity index is 1030. The highest BCUT2D eigenvalue weighted by atomic mass is 32.2. The summed E-state index contributed by atoms with van der Waals surface area (Å²) in [5.74, 6) is 0.598. The van der Waals surface area contributed by atoms with Gasteiger partial charge in [-0.15, -0.1) is 0 Å². The van der Waals surface area contributed by atoms with Gasteiger partial charge < -0.3 is 14.9 Å². The van der Waals surface area contributed by atoms with Crippen molar-refractivity contribution in [3.05, 3.63) is 23.8 Å². The summed E-state index contributed by atoms with van der Waals surface area (Å²) >= 11 is 0. The monoisotopic (exact) mass is 490 g/mol. The average molecular weight is 491 g/mol. The third-order valence-corrected chi connectivity index (χ3v) is 11.2. The van der Waals surface area contributed by atoms with E-state index in [0.29, 0.717) is 24.9 Å². The molecule has 0 radical (unpaired) electrons. The first-order valence-corrected chi connectivity index (χ1v) is 14.5. The number of piperazine rings is 1. The van der Waals surface area contributed by atoms with Crippen molar-refractivity contribution in [3.8, 4) is 5.75 Å². The molecule has 4 rings (SSSR count). The van der Waals surface area contributed by atoms with Gasteiger partial charge >= 0.3 is 0 Å². The molecule has 2 aliphatic carbocycles. The number of nitrogens with zero attached hydrogens (tertiary/aromatic N) is 2. The minimum atomic E-state index is -3.68. The fraction of sp³-hybridized carbons (Fsp3) is 0.741. The summed E-state index contributed by atoms with van der Waals surface area (Å²) in [6, 6.07) is 4.19. The summed E-state index contributed by atoms with van der Waals surface area (Å²) in [7, 11) is -1.66. The topological polar surface area (TPSA) is 77.9 Å². The molecule has 2 saturated carbocycles. The third kappa shape index (κ3) is 4.75. The summed E-state index contributed by atoms with van der Waals surface area (Å²) in [4.78, 5) is 17.1. The number of fused-ring (bicyclic) bond motifs is 1. The van der Waals surface area contributed by atoms with Crippen molar-refractivity contribution >= 4 is 15.7 Å². The molecular weight excluding hydrogens is 448 g/mol. The largest absolute Gasteiger partial charge is 0.508 e. The molecular formula is C27H42N2O4S. The van der Waals surface area contributed by atoms with Crippen LogP contribution >= 0.6 is 0 Å². The highest BCUT2D eigenvalue weighted by molar-refractivity contribution is 7.91. The Labute approximate surface area is 205 Å². The van der Waals surface area contributed by atoms with Crippen LogP contribution in [-0.2, 0) is 9.84 Å². The summed E-state index contributed by atoms with van der Waals surface area (Å²) in [6.45, 7) is 12.0. The molecule has 3 fully saturated rings. The van der Waals surface area contributed by atoms with Gasteiger partial charge in [-0.1, -0.05) is 40.5 Å². The summed E-state index contributed by atoms with van der Waals surface area (Å²) in [6.07, 6.45) is 5.62. The number of amides is 1. The molecule has 34 heavy (non-hydrogen) atoms. The van der Waals surface area contributed by atoms with E-state index in [2.05, 4.69) is 32.6 Å². The number of carbonyl (C=O) groups is 1. The maximum absolute atomic E-state index is 13.7. The van der Waals surface area contributed by atoms with E-state index in [1.807, 2.05) is 7.05 Å². The number of hydrogen-bond donors (Lipinski definition) is 1. The lowest BCUT2D eigenvalue weighted by atomic mass is 9.47. The predicted molar refractivity (Wildman–Crippen MR) is 135 cm³/mol. The van der Waals surface area contributed by atoms with Gasteiger partial charge in [0.15, 0.2) is 9.84 Å². The Balaban J connectivity index is 1.61. The average Bonchev–Trinajstić information content (AvgIpc) is 2.75. The number of carbonyl (C=O) groups excluding carboxylic acids is 1. The van der Waals surface area contributed by atoms with Gasteiger partial charge in [0.25, 0.3) is 5.91 Å². The number of phenolic OH excluding ortho intramolecular Hbond substituents is 1. The third-order valence-electron chi connectivity index (χ3n) is 9.41. The fourth-order valence-corrected chi connectivity index (χ4v) is 9.36. The van der Waals surface area contributed by atoms with E-state index >= 15 is 0 Å². The van der Waals surface area contributed by atoms with Crippen molar-refractivity contribution in [2.45, 2.75) is 64.7 Å². The van der Waals surface area contributed by atoms with Gasteiger partial charge in [-0.3, -0.25) is 4.79 Å². The Kier molecular flexibility index (Phi) is 6.84. The molecule has 0 spiro atoms. The first-order chi connectivity index (χ1) is 15.8. The van der Waals surface area contributed by atoms with Gasteiger partial charge in [0.2, 0.25) is 0 Å². The fourth-order valence-electron chi connectivity index (χ4n) is 7.38. The zero-order valence-corrected chi connectivity index (χ0v) is 22.3. The van der Waals surface area contributed by atoms with E-state index in [9.17, 15) is 18.3 Å². The number of likely N-dealkylation sites (N-methyl/N-ethyl adjacent to an activating group) is 1. The molecule has 6 nitrogen and oxygen atoms in total. The van der Waals surface area contributed by atoms with Crippen LogP contribution < -0.4 is 0 Å². The maximum atomic E-state index is 13.7. The second-order valence-corrected chi connectivity index (χ2v) is 14.2. The van der Waals surface area contributed by atoms with Crippen LogP contribution in [0.2, 0.25) is 0 Å². The second-order valence-electron chi connectivity index (χ2n) is 12.2. The van der Waals surface area contributed by atoms with Crippen molar-refractivity contribution in [1.82, 2.24) is 9.80 Å². The van der Waals surface area contributed by atoms with E-state index in [-0.39, 0.29) is 44.6 Å². The van der Waals surface area contributed by atoms with Crippen LogP contribution in [-0.4, -0.2) is 68.2 Å². The van der Waals surface area contributed by atoms with Crippen molar-refractivity contribution < 1.29 is 18.3 Å². The predicted octanol–water partition coefficient (Wildman–Crippen LogP) is 4.43. The standard InChI is InChI=1S/C27H42N2O4S/c1-19-7-8-24-26(2,3)9-6-10-27(24,4)23(19)18-34(32,33)22-16-20(15-21(30)17-22)25(31)29-13-11-28(5)12-14-29/h15-17,19,23-24,30H,6-14,18H2,1-5H3. The van der Waals surface area contributed by atoms with E-state index < -0.39 is 9.84 Å². The van der Waals surface area contributed by atoms with Gasteiger partial charge in [-0.2, -0.15) is 0 Å². The molecule has 1 saturated heterocycles. The van der Waals surface area contributed by atoms with Crippen molar-refractivity contribution in [2.24, 2.45) is 28.6 Å². The molecule has 3 aliphatic rings. The number of aromatic hydroxyl groups is 1. The Morgan fingerprint density at radius 2 is 1.74 bits per heavy atom. The Morgan fingerprint density at radius 3 is 2.41 bits per heavy atom. The minimum Gasteiger partial charge on any atom is -0.508 e. The Morgan fingerprint density at radius 1 is 1.06 bits per heavy atom. The summed E-state index contributed by atoms with van der Waals surface area (Å²) < 4.78 is 27.5. The normalized spacial score (nSPS) is 32.3. The molecule has 1 aliphatic heterocycles. The molecule has 1 amide bonds. The van der Waals surface area contributed by atoms with Gasteiger partial charge in [-0.05, 0) is 73.1 Å². The lowest BCUT2D eigenvalue weighted by Crippen LogP contribution is -2.52. The molecule has 4 unspecified atom stereocenters. The van der Waals surface area contributed by atoms with Gasteiger partial charge in [-0.25, -0.2) is 8.42 Å². The summed E-state index contributed by atoms with van der Waals surface area (Å²) in [5.41, 5.74) is 0.465. The van der Waals surface area contributed by atoms with E-state index in [1.165, 1.54) is 24.6 Å². The number of benzene rings is 1. The molecule has 190 valence electrons. The molecule has 1 heterocycles. The van der Waals surface area contributed by atoms with Gasteiger partial charge in [0, 0.05) is 31.7 Å². The van der Waals surface area contributed by atoms with Crippen LogP contribution in [0.1, 0.15) is 70.2 Å². The first-order valence-electron chi connectivity index (χ1n) is 12.9. The number of sulfone groups is 1. The van der Waals surface area contributed by atoms with Crippen LogP contribution in [0, 0.1) is 28.6 Å². The number of rotatable bonds is 4. The molecule has 0 bridgehead atoms. The van der Waals surface area contributed by atoms with Crippen LogP contribution in [0.3, 0.4) is 0 Å². The molecule has 1 N–H and O–H groups in total. The first kappa shape index (κ1) is 25.5. The van der Waals surface area contributed by atoms with Crippen molar-refractivity contribution in [1.29, 1.82) is 0 Å². The minimum absolute atomic E-state index is 0.0121.